The Bertz CT molecular complexity index is 567. The van der Waals surface area contributed by atoms with Crippen molar-refractivity contribution in [2.24, 2.45) is 10.9 Å². The Morgan fingerprint density at radius 2 is 2.00 bits per heavy atom. The molecule has 2 N–H and O–H groups in total. The standard InChI is InChI=1S/C19H32N4O2/c1-5-20-19(23-10-8-22(9-11-23)14-15(2)3)21-13-16-12-17(25-4)6-7-18(16)24/h6-7,12,15,24H,5,8-11,13-14H2,1-4H3,(H,20,21). The van der Waals surface area contributed by atoms with Crippen molar-refractivity contribution in [1.82, 2.24) is 15.1 Å². The van der Waals surface area contributed by atoms with Crippen molar-refractivity contribution in [3.63, 3.8) is 0 Å². The molecule has 6 nitrogen and oxygen atoms in total. The zero-order valence-electron chi connectivity index (χ0n) is 16.0. The van der Waals surface area contributed by atoms with Gasteiger partial charge in [-0.2, -0.15) is 0 Å². The van der Waals surface area contributed by atoms with E-state index in [0.29, 0.717) is 12.5 Å². The van der Waals surface area contributed by atoms with E-state index in [0.717, 1.165) is 56.5 Å². The lowest BCUT2D eigenvalue weighted by molar-refractivity contribution is 0.164. The number of guanidine groups is 1. The van der Waals surface area contributed by atoms with Gasteiger partial charge in [0.15, 0.2) is 5.96 Å². The summed E-state index contributed by atoms with van der Waals surface area (Å²) < 4.78 is 5.23. The highest BCUT2D eigenvalue weighted by atomic mass is 16.5. The van der Waals surface area contributed by atoms with E-state index >= 15 is 0 Å². The summed E-state index contributed by atoms with van der Waals surface area (Å²) in [7, 11) is 1.63. The molecule has 0 radical (unpaired) electrons. The van der Waals surface area contributed by atoms with Gasteiger partial charge in [-0.15, -0.1) is 0 Å². The van der Waals surface area contributed by atoms with Gasteiger partial charge in [0.1, 0.15) is 11.5 Å². The molecule has 6 heteroatoms. The average molecular weight is 348 g/mol. The number of hydrogen-bond acceptors (Lipinski definition) is 4. The van der Waals surface area contributed by atoms with Crippen LogP contribution in [-0.4, -0.2) is 67.2 Å². The minimum Gasteiger partial charge on any atom is -0.508 e. The highest BCUT2D eigenvalue weighted by Crippen LogP contribution is 2.23. The maximum Gasteiger partial charge on any atom is 0.194 e. The van der Waals surface area contributed by atoms with E-state index in [4.69, 9.17) is 9.73 Å². The van der Waals surface area contributed by atoms with Crippen LogP contribution in [0, 0.1) is 5.92 Å². The van der Waals surface area contributed by atoms with Crippen LogP contribution in [0.2, 0.25) is 0 Å². The molecule has 0 saturated carbocycles. The highest BCUT2D eigenvalue weighted by Gasteiger charge is 2.20. The fraction of sp³-hybridized carbons (Fsp3) is 0.632. The molecular formula is C19H32N4O2. The fourth-order valence-electron chi connectivity index (χ4n) is 3.06. The number of piperazine rings is 1. The molecule has 0 atom stereocenters. The molecule has 0 bridgehead atoms. The maximum absolute atomic E-state index is 10.0. The normalized spacial score (nSPS) is 16.4. The van der Waals surface area contributed by atoms with Crippen LogP contribution in [0.25, 0.3) is 0 Å². The number of benzene rings is 1. The van der Waals surface area contributed by atoms with E-state index in [1.807, 2.05) is 6.07 Å². The van der Waals surface area contributed by atoms with Gasteiger partial charge in [0.25, 0.3) is 0 Å². The molecule has 1 aliphatic rings. The Balaban J connectivity index is 2.02. The highest BCUT2D eigenvalue weighted by molar-refractivity contribution is 5.80. The van der Waals surface area contributed by atoms with E-state index in [2.05, 4.69) is 35.9 Å². The number of phenolic OH excluding ortho intramolecular Hbond substituents is 1. The SMILES string of the molecule is CCNC(=NCc1cc(OC)ccc1O)N1CCN(CC(C)C)CC1. The van der Waals surface area contributed by atoms with Crippen LogP contribution in [0.4, 0.5) is 0 Å². The van der Waals surface area contributed by atoms with Gasteiger partial charge in [-0.25, -0.2) is 4.99 Å². The Labute approximate surface area is 151 Å². The molecule has 1 aromatic rings. The first kappa shape index (κ1) is 19.4. The zero-order chi connectivity index (χ0) is 18.2. The van der Waals surface area contributed by atoms with Crippen molar-refractivity contribution >= 4 is 5.96 Å². The van der Waals surface area contributed by atoms with Crippen molar-refractivity contribution in [1.29, 1.82) is 0 Å². The third-order valence-electron chi connectivity index (χ3n) is 4.32. The molecule has 25 heavy (non-hydrogen) atoms. The van der Waals surface area contributed by atoms with Gasteiger partial charge in [0.2, 0.25) is 0 Å². The summed E-state index contributed by atoms with van der Waals surface area (Å²) in [6, 6.07) is 5.24. The number of aliphatic imine (C=N–C) groups is 1. The molecule has 2 rings (SSSR count). The van der Waals surface area contributed by atoms with E-state index < -0.39 is 0 Å². The summed E-state index contributed by atoms with van der Waals surface area (Å²) in [5, 5.41) is 13.4. The van der Waals surface area contributed by atoms with E-state index in [1.54, 1.807) is 19.2 Å². The smallest absolute Gasteiger partial charge is 0.194 e. The van der Waals surface area contributed by atoms with E-state index in [1.165, 1.54) is 0 Å². The number of methoxy groups -OCH3 is 1. The third kappa shape index (κ3) is 5.81. The van der Waals surface area contributed by atoms with Crippen molar-refractivity contribution in [2.45, 2.75) is 27.3 Å². The summed E-state index contributed by atoms with van der Waals surface area (Å²) >= 11 is 0. The molecule has 1 heterocycles. The van der Waals surface area contributed by atoms with Crippen LogP contribution in [0.15, 0.2) is 23.2 Å². The maximum atomic E-state index is 10.0. The summed E-state index contributed by atoms with van der Waals surface area (Å²) in [6.45, 7) is 13.1. The number of nitrogens with one attached hydrogen (secondary N) is 1. The second-order valence-electron chi connectivity index (χ2n) is 6.85. The molecule has 0 aliphatic carbocycles. The Morgan fingerprint density at radius 1 is 1.28 bits per heavy atom. The minimum absolute atomic E-state index is 0.252. The van der Waals surface area contributed by atoms with E-state index in [9.17, 15) is 5.11 Å². The van der Waals surface area contributed by atoms with Crippen LogP contribution in [0.1, 0.15) is 26.3 Å². The molecule has 1 aliphatic heterocycles. The second-order valence-corrected chi connectivity index (χ2v) is 6.85. The monoisotopic (exact) mass is 348 g/mol. The number of ether oxygens (including phenoxy) is 1. The molecular weight excluding hydrogens is 316 g/mol. The third-order valence-corrected chi connectivity index (χ3v) is 4.32. The average Bonchev–Trinajstić information content (AvgIpc) is 2.60. The number of aromatic hydroxyl groups is 1. The summed E-state index contributed by atoms with van der Waals surface area (Å²) in [6.07, 6.45) is 0. The predicted octanol–water partition coefficient (Wildman–Crippen LogP) is 2.14. The number of rotatable bonds is 6. The number of nitrogens with zero attached hydrogens (tertiary/aromatic N) is 3. The Hall–Kier alpha value is -1.95. The molecule has 0 aromatic heterocycles. The lowest BCUT2D eigenvalue weighted by Crippen LogP contribution is -2.53. The predicted molar refractivity (Wildman–Crippen MR) is 102 cm³/mol. The van der Waals surface area contributed by atoms with Gasteiger partial charge in [-0.3, -0.25) is 4.90 Å². The summed E-state index contributed by atoms with van der Waals surface area (Å²) in [4.78, 5) is 9.54. The quantitative estimate of drug-likeness (QED) is 0.609. The Kier molecular flexibility index (Phi) is 7.37. The molecule has 140 valence electrons. The fourth-order valence-corrected chi connectivity index (χ4v) is 3.06. The van der Waals surface area contributed by atoms with Crippen molar-refractivity contribution < 1.29 is 9.84 Å². The largest absolute Gasteiger partial charge is 0.508 e. The van der Waals surface area contributed by atoms with Crippen LogP contribution >= 0.6 is 0 Å². The molecule has 1 aromatic carbocycles. The lowest BCUT2D eigenvalue weighted by Gasteiger charge is -2.37. The molecule has 0 amide bonds. The van der Waals surface area contributed by atoms with Crippen LogP contribution in [-0.2, 0) is 6.54 Å². The number of hydrogen-bond donors (Lipinski definition) is 2. The van der Waals surface area contributed by atoms with Crippen LogP contribution < -0.4 is 10.1 Å². The molecule has 0 spiro atoms. The summed E-state index contributed by atoms with van der Waals surface area (Å²) in [5.74, 6) is 2.59. The molecule has 0 unspecified atom stereocenters. The van der Waals surface area contributed by atoms with Gasteiger partial charge in [-0.05, 0) is 31.0 Å². The van der Waals surface area contributed by atoms with Gasteiger partial charge in [-0.1, -0.05) is 13.8 Å². The van der Waals surface area contributed by atoms with Crippen molar-refractivity contribution in [3.8, 4) is 11.5 Å². The van der Waals surface area contributed by atoms with Crippen LogP contribution in [0.3, 0.4) is 0 Å². The van der Waals surface area contributed by atoms with Crippen molar-refractivity contribution in [2.75, 3.05) is 46.4 Å². The van der Waals surface area contributed by atoms with Crippen molar-refractivity contribution in [3.05, 3.63) is 23.8 Å². The van der Waals surface area contributed by atoms with Crippen LogP contribution in [0.5, 0.6) is 11.5 Å². The van der Waals surface area contributed by atoms with E-state index in [-0.39, 0.29) is 5.75 Å². The van der Waals surface area contributed by atoms with Gasteiger partial charge < -0.3 is 20.1 Å². The Morgan fingerprint density at radius 3 is 2.60 bits per heavy atom. The second kappa shape index (κ2) is 9.51. The molecule has 1 saturated heterocycles. The minimum atomic E-state index is 0.252. The van der Waals surface area contributed by atoms with Gasteiger partial charge >= 0.3 is 0 Å². The summed E-state index contributed by atoms with van der Waals surface area (Å²) in [5.41, 5.74) is 0.771. The first-order chi connectivity index (χ1) is 12.0. The topological polar surface area (TPSA) is 60.3 Å². The molecule has 1 fully saturated rings. The first-order valence-electron chi connectivity index (χ1n) is 9.15. The van der Waals surface area contributed by atoms with Gasteiger partial charge in [0.05, 0.1) is 13.7 Å². The van der Waals surface area contributed by atoms with Gasteiger partial charge in [0, 0.05) is 44.8 Å². The first-order valence-corrected chi connectivity index (χ1v) is 9.15. The zero-order valence-corrected chi connectivity index (χ0v) is 16.0. The lowest BCUT2D eigenvalue weighted by atomic mass is 10.2. The number of phenols is 1.